The highest BCUT2D eigenvalue weighted by molar-refractivity contribution is 6.05. The summed E-state index contributed by atoms with van der Waals surface area (Å²) in [5.74, 6) is 0.725. The number of hydrogen-bond acceptors (Lipinski definition) is 5. The van der Waals surface area contributed by atoms with Crippen molar-refractivity contribution in [2.75, 3.05) is 18.5 Å². The van der Waals surface area contributed by atoms with Crippen LogP contribution in [0, 0.1) is 5.92 Å². The Hall–Kier alpha value is -2.57. The van der Waals surface area contributed by atoms with Crippen LogP contribution in [-0.2, 0) is 9.59 Å². The van der Waals surface area contributed by atoms with Crippen molar-refractivity contribution in [3.05, 3.63) is 18.2 Å². The minimum absolute atomic E-state index is 0.0901. The van der Waals surface area contributed by atoms with E-state index in [0.29, 0.717) is 36.1 Å². The van der Waals surface area contributed by atoms with Crippen LogP contribution in [-0.4, -0.2) is 30.7 Å². The van der Waals surface area contributed by atoms with Crippen LogP contribution in [0.2, 0.25) is 0 Å². The fourth-order valence-corrected chi connectivity index (χ4v) is 1.88. The average molecular weight is 319 g/mol. The summed E-state index contributed by atoms with van der Waals surface area (Å²) in [4.78, 5) is 23.4. The van der Waals surface area contributed by atoms with Gasteiger partial charge in [-0.25, -0.2) is 5.43 Å². The summed E-state index contributed by atoms with van der Waals surface area (Å²) in [7, 11) is 0. The summed E-state index contributed by atoms with van der Waals surface area (Å²) < 4.78 is 10.9. The maximum absolute atomic E-state index is 12.0. The Kier molecular flexibility index (Phi) is 5.56. The molecule has 0 saturated heterocycles. The van der Waals surface area contributed by atoms with Crippen LogP contribution >= 0.6 is 0 Å². The molecule has 2 amide bonds. The van der Waals surface area contributed by atoms with Gasteiger partial charge in [0.05, 0.1) is 6.42 Å². The number of nitrogens with one attached hydrogen (secondary N) is 2. The van der Waals surface area contributed by atoms with Crippen molar-refractivity contribution >= 4 is 23.2 Å². The lowest BCUT2D eigenvalue weighted by molar-refractivity contribution is -0.124. The van der Waals surface area contributed by atoms with Gasteiger partial charge in [0.1, 0.15) is 13.2 Å². The first-order chi connectivity index (χ1) is 11.0. The van der Waals surface area contributed by atoms with Crippen LogP contribution in [0.4, 0.5) is 5.69 Å². The zero-order chi connectivity index (χ0) is 16.8. The fourth-order valence-electron chi connectivity index (χ4n) is 1.88. The van der Waals surface area contributed by atoms with Crippen molar-refractivity contribution in [2.45, 2.75) is 27.2 Å². The molecule has 2 N–H and O–H groups in total. The molecule has 7 heteroatoms. The minimum atomic E-state index is -0.221. The number of amides is 2. The first-order valence-corrected chi connectivity index (χ1v) is 7.48. The molecular weight excluding hydrogens is 298 g/mol. The summed E-state index contributed by atoms with van der Waals surface area (Å²) in [6.45, 7) is 6.25. The zero-order valence-corrected chi connectivity index (χ0v) is 13.5. The Bertz CT molecular complexity index is 626. The number of fused-ring (bicyclic) bond motifs is 1. The monoisotopic (exact) mass is 319 g/mol. The molecule has 0 aliphatic carbocycles. The lowest BCUT2D eigenvalue weighted by Crippen LogP contribution is -2.25. The number of rotatable bonds is 5. The number of nitrogens with zero attached hydrogens (tertiary/aromatic N) is 1. The van der Waals surface area contributed by atoms with Gasteiger partial charge in [-0.15, -0.1) is 0 Å². The molecule has 124 valence electrons. The first kappa shape index (κ1) is 16.8. The Morgan fingerprint density at radius 2 is 1.91 bits per heavy atom. The summed E-state index contributed by atoms with van der Waals surface area (Å²) in [5, 5.41) is 6.67. The molecule has 0 fully saturated rings. The molecule has 1 aromatic rings. The molecule has 1 aromatic carbocycles. The van der Waals surface area contributed by atoms with Gasteiger partial charge in [0.25, 0.3) is 0 Å². The zero-order valence-electron chi connectivity index (χ0n) is 13.5. The van der Waals surface area contributed by atoms with E-state index < -0.39 is 0 Å². The SMILES string of the molecule is CC(CC(=O)Nc1ccc2c(c1)OCCO2)=NNC(=O)C(C)C. The number of ether oxygens (including phenoxy) is 2. The third-order valence-corrected chi connectivity index (χ3v) is 3.12. The molecule has 0 spiro atoms. The lowest BCUT2D eigenvalue weighted by atomic mass is 10.2. The van der Waals surface area contributed by atoms with Gasteiger partial charge in [0.15, 0.2) is 11.5 Å². The normalized spacial score (nSPS) is 13.7. The Morgan fingerprint density at radius 3 is 2.61 bits per heavy atom. The van der Waals surface area contributed by atoms with Gasteiger partial charge in [-0.2, -0.15) is 5.10 Å². The van der Waals surface area contributed by atoms with Crippen molar-refractivity contribution in [3.8, 4) is 11.5 Å². The predicted octanol–water partition coefficient (Wildman–Crippen LogP) is 1.93. The molecule has 0 radical (unpaired) electrons. The molecule has 0 unspecified atom stereocenters. The highest BCUT2D eigenvalue weighted by Gasteiger charge is 2.13. The van der Waals surface area contributed by atoms with E-state index in [-0.39, 0.29) is 24.2 Å². The van der Waals surface area contributed by atoms with Gasteiger partial charge in [-0.3, -0.25) is 9.59 Å². The van der Waals surface area contributed by atoms with E-state index in [4.69, 9.17) is 9.47 Å². The number of hydrazone groups is 1. The average Bonchev–Trinajstić information content (AvgIpc) is 2.52. The third kappa shape index (κ3) is 4.98. The number of hydrogen-bond donors (Lipinski definition) is 2. The van der Waals surface area contributed by atoms with Gasteiger partial charge < -0.3 is 14.8 Å². The summed E-state index contributed by atoms with van der Waals surface area (Å²) >= 11 is 0. The molecule has 1 aliphatic rings. The van der Waals surface area contributed by atoms with E-state index in [9.17, 15) is 9.59 Å². The highest BCUT2D eigenvalue weighted by Crippen LogP contribution is 2.32. The Labute approximate surface area is 135 Å². The Morgan fingerprint density at radius 1 is 1.22 bits per heavy atom. The van der Waals surface area contributed by atoms with Crippen molar-refractivity contribution in [2.24, 2.45) is 11.0 Å². The smallest absolute Gasteiger partial charge is 0.242 e. The van der Waals surface area contributed by atoms with Crippen molar-refractivity contribution in [3.63, 3.8) is 0 Å². The molecule has 0 saturated carbocycles. The van der Waals surface area contributed by atoms with E-state index in [2.05, 4.69) is 15.8 Å². The van der Waals surface area contributed by atoms with E-state index in [1.165, 1.54) is 0 Å². The second-order valence-electron chi connectivity index (χ2n) is 5.56. The molecule has 1 aliphatic heterocycles. The van der Waals surface area contributed by atoms with E-state index in [1.54, 1.807) is 39.0 Å². The van der Waals surface area contributed by atoms with Crippen molar-refractivity contribution in [1.29, 1.82) is 0 Å². The highest BCUT2D eigenvalue weighted by atomic mass is 16.6. The molecule has 0 bridgehead atoms. The third-order valence-electron chi connectivity index (χ3n) is 3.12. The van der Waals surface area contributed by atoms with Gasteiger partial charge in [-0.05, 0) is 19.1 Å². The molecule has 0 aromatic heterocycles. The standard InChI is InChI=1S/C16H21N3O4/c1-10(2)16(21)19-18-11(3)8-15(20)17-12-4-5-13-14(9-12)23-7-6-22-13/h4-5,9-10H,6-8H2,1-3H3,(H,17,20)(H,19,21). The Balaban J connectivity index is 1.89. The van der Waals surface area contributed by atoms with Crippen LogP contribution in [0.5, 0.6) is 11.5 Å². The van der Waals surface area contributed by atoms with Gasteiger partial charge in [0.2, 0.25) is 11.8 Å². The number of anilines is 1. The molecule has 2 rings (SSSR count). The maximum atomic E-state index is 12.0. The van der Waals surface area contributed by atoms with Crippen molar-refractivity contribution in [1.82, 2.24) is 5.43 Å². The van der Waals surface area contributed by atoms with Gasteiger partial charge in [-0.1, -0.05) is 13.8 Å². The van der Waals surface area contributed by atoms with Gasteiger partial charge in [0, 0.05) is 23.4 Å². The largest absolute Gasteiger partial charge is 0.486 e. The molecule has 1 heterocycles. The second-order valence-corrected chi connectivity index (χ2v) is 5.56. The lowest BCUT2D eigenvalue weighted by Gasteiger charge is -2.19. The van der Waals surface area contributed by atoms with Crippen LogP contribution in [0.15, 0.2) is 23.3 Å². The first-order valence-electron chi connectivity index (χ1n) is 7.48. The molecule has 0 atom stereocenters. The quantitative estimate of drug-likeness (QED) is 0.641. The second kappa shape index (κ2) is 7.62. The van der Waals surface area contributed by atoms with Crippen LogP contribution in [0.3, 0.4) is 0 Å². The number of carbonyl (C=O) groups is 2. The topological polar surface area (TPSA) is 89.0 Å². The molecule has 23 heavy (non-hydrogen) atoms. The van der Waals surface area contributed by atoms with Crippen molar-refractivity contribution < 1.29 is 19.1 Å². The predicted molar refractivity (Wildman–Crippen MR) is 86.8 cm³/mol. The summed E-state index contributed by atoms with van der Waals surface area (Å²) in [5.41, 5.74) is 3.57. The van der Waals surface area contributed by atoms with E-state index in [0.717, 1.165) is 0 Å². The minimum Gasteiger partial charge on any atom is -0.486 e. The molecule has 7 nitrogen and oxygen atoms in total. The van der Waals surface area contributed by atoms with Crippen LogP contribution in [0.25, 0.3) is 0 Å². The summed E-state index contributed by atoms with van der Waals surface area (Å²) in [6, 6.07) is 5.23. The van der Waals surface area contributed by atoms with E-state index in [1.807, 2.05) is 0 Å². The fraction of sp³-hybridized carbons (Fsp3) is 0.438. The van der Waals surface area contributed by atoms with Gasteiger partial charge >= 0.3 is 0 Å². The maximum Gasteiger partial charge on any atom is 0.242 e. The number of benzene rings is 1. The van der Waals surface area contributed by atoms with E-state index >= 15 is 0 Å². The summed E-state index contributed by atoms with van der Waals surface area (Å²) in [6.07, 6.45) is 0.0901. The van der Waals surface area contributed by atoms with Crippen LogP contribution in [0.1, 0.15) is 27.2 Å². The number of carbonyl (C=O) groups excluding carboxylic acids is 2. The van der Waals surface area contributed by atoms with Crippen LogP contribution < -0.4 is 20.2 Å². The molecular formula is C16H21N3O4.